The second-order valence-corrected chi connectivity index (χ2v) is 3.51. The van der Waals surface area contributed by atoms with Gasteiger partial charge < -0.3 is 10.5 Å². The first-order valence-electron chi connectivity index (χ1n) is 5.07. The van der Waals surface area contributed by atoms with Gasteiger partial charge in [-0.15, -0.1) is 0 Å². The SMILES string of the molecule is Nc1ccc(Oc2ccccc2)c(C(F)F)c1. The molecule has 4 heteroatoms. The number of benzene rings is 2. The van der Waals surface area contributed by atoms with Crippen LogP contribution in [-0.4, -0.2) is 0 Å². The second kappa shape index (κ2) is 4.82. The summed E-state index contributed by atoms with van der Waals surface area (Å²) < 4.78 is 30.9. The van der Waals surface area contributed by atoms with Gasteiger partial charge in [0.2, 0.25) is 0 Å². The number of anilines is 1. The third-order valence-electron chi connectivity index (χ3n) is 2.24. The number of nitrogen functional groups attached to an aromatic ring is 1. The predicted molar refractivity (Wildman–Crippen MR) is 62.3 cm³/mol. The maximum absolute atomic E-state index is 12.8. The number of nitrogens with two attached hydrogens (primary N) is 1. The van der Waals surface area contributed by atoms with Crippen molar-refractivity contribution in [2.75, 3.05) is 5.73 Å². The summed E-state index contributed by atoms with van der Waals surface area (Å²) >= 11 is 0. The molecule has 88 valence electrons. The van der Waals surface area contributed by atoms with Gasteiger partial charge in [-0.05, 0) is 30.3 Å². The first kappa shape index (κ1) is 11.4. The van der Waals surface area contributed by atoms with Crippen molar-refractivity contribution < 1.29 is 13.5 Å². The summed E-state index contributed by atoms with van der Waals surface area (Å²) in [5.74, 6) is 0.638. The molecule has 2 aromatic carbocycles. The quantitative estimate of drug-likeness (QED) is 0.816. The van der Waals surface area contributed by atoms with Crippen molar-refractivity contribution in [3.8, 4) is 11.5 Å². The molecular formula is C13H11F2NO. The first-order valence-corrected chi connectivity index (χ1v) is 5.07. The molecular weight excluding hydrogens is 224 g/mol. The van der Waals surface area contributed by atoms with Crippen LogP contribution in [0.1, 0.15) is 12.0 Å². The summed E-state index contributed by atoms with van der Waals surface area (Å²) in [5.41, 5.74) is 5.56. The molecule has 2 N–H and O–H groups in total. The zero-order valence-corrected chi connectivity index (χ0v) is 8.94. The van der Waals surface area contributed by atoms with Crippen LogP contribution in [0.25, 0.3) is 0 Å². The normalized spacial score (nSPS) is 10.5. The van der Waals surface area contributed by atoms with Gasteiger partial charge >= 0.3 is 0 Å². The van der Waals surface area contributed by atoms with Gasteiger partial charge in [0.05, 0.1) is 5.56 Å². The Kier molecular flexibility index (Phi) is 3.23. The van der Waals surface area contributed by atoms with Gasteiger partial charge in [0.15, 0.2) is 0 Å². The van der Waals surface area contributed by atoms with Gasteiger partial charge in [-0.25, -0.2) is 8.78 Å². The Morgan fingerprint density at radius 3 is 2.35 bits per heavy atom. The fraction of sp³-hybridized carbons (Fsp3) is 0.0769. The van der Waals surface area contributed by atoms with Crippen molar-refractivity contribution in [1.29, 1.82) is 0 Å². The largest absolute Gasteiger partial charge is 0.457 e. The molecule has 0 saturated heterocycles. The summed E-state index contributed by atoms with van der Waals surface area (Å²) in [6.07, 6.45) is -2.61. The molecule has 0 aliphatic carbocycles. The minimum atomic E-state index is -2.61. The lowest BCUT2D eigenvalue weighted by atomic mass is 10.2. The molecule has 0 heterocycles. The second-order valence-electron chi connectivity index (χ2n) is 3.51. The van der Waals surface area contributed by atoms with E-state index in [9.17, 15) is 8.78 Å². The minimum absolute atomic E-state index is 0.125. The lowest BCUT2D eigenvalue weighted by Crippen LogP contribution is -1.94. The third kappa shape index (κ3) is 2.72. The number of para-hydroxylation sites is 1. The van der Waals surface area contributed by atoms with Crippen LogP contribution in [-0.2, 0) is 0 Å². The lowest BCUT2D eigenvalue weighted by Gasteiger charge is -2.11. The van der Waals surface area contributed by atoms with Crippen molar-refractivity contribution in [2.45, 2.75) is 6.43 Å². The van der Waals surface area contributed by atoms with Crippen LogP contribution in [0.4, 0.5) is 14.5 Å². The van der Waals surface area contributed by atoms with Crippen molar-refractivity contribution in [3.05, 3.63) is 54.1 Å². The Balaban J connectivity index is 2.33. The standard InChI is InChI=1S/C13H11F2NO/c14-13(15)11-8-9(16)6-7-12(11)17-10-4-2-1-3-5-10/h1-8,13H,16H2. The topological polar surface area (TPSA) is 35.2 Å². The van der Waals surface area contributed by atoms with E-state index in [1.807, 2.05) is 6.07 Å². The Bertz CT molecular complexity index is 500. The average molecular weight is 235 g/mol. The highest BCUT2D eigenvalue weighted by Gasteiger charge is 2.14. The van der Waals surface area contributed by atoms with Crippen LogP contribution < -0.4 is 10.5 Å². The van der Waals surface area contributed by atoms with E-state index in [0.717, 1.165) is 0 Å². The van der Waals surface area contributed by atoms with Gasteiger partial charge in [-0.2, -0.15) is 0 Å². The summed E-state index contributed by atoms with van der Waals surface area (Å²) in [6.45, 7) is 0. The number of halogens is 2. The van der Waals surface area contributed by atoms with Gasteiger partial charge in [0.25, 0.3) is 6.43 Å². The van der Waals surface area contributed by atoms with Gasteiger partial charge in [0.1, 0.15) is 11.5 Å². The number of alkyl halides is 2. The molecule has 0 aromatic heterocycles. The van der Waals surface area contributed by atoms with E-state index in [0.29, 0.717) is 11.4 Å². The van der Waals surface area contributed by atoms with Crippen molar-refractivity contribution in [3.63, 3.8) is 0 Å². The fourth-order valence-electron chi connectivity index (χ4n) is 1.45. The molecule has 0 unspecified atom stereocenters. The minimum Gasteiger partial charge on any atom is -0.457 e. The molecule has 0 saturated carbocycles. The van der Waals surface area contributed by atoms with Crippen LogP contribution in [0, 0.1) is 0 Å². The highest BCUT2D eigenvalue weighted by atomic mass is 19.3. The van der Waals surface area contributed by atoms with Gasteiger partial charge in [0, 0.05) is 5.69 Å². The van der Waals surface area contributed by atoms with E-state index < -0.39 is 6.43 Å². The summed E-state index contributed by atoms with van der Waals surface area (Å²) in [5, 5.41) is 0. The number of hydrogen-bond donors (Lipinski definition) is 1. The Morgan fingerprint density at radius 2 is 1.71 bits per heavy atom. The third-order valence-corrected chi connectivity index (χ3v) is 2.24. The number of ether oxygens (including phenoxy) is 1. The lowest BCUT2D eigenvalue weighted by molar-refractivity contribution is 0.148. The molecule has 0 fully saturated rings. The van der Waals surface area contributed by atoms with Gasteiger partial charge in [-0.1, -0.05) is 18.2 Å². The monoisotopic (exact) mass is 235 g/mol. The number of rotatable bonds is 3. The molecule has 0 aliphatic rings. The van der Waals surface area contributed by atoms with Crippen LogP contribution in [0.2, 0.25) is 0 Å². The van der Waals surface area contributed by atoms with E-state index in [1.165, 1.54) is 18.2 Å². The van der Waals surface area contributed by atoms with E-state index in [2.05, 4.69) is 0 Å². The van der Waals surface area contributed by atoms with Crippen molar-refractivity contribution in [1.82, 2.24) is 0 Å². The zero-order chi connectivity index (χ0) is 12.3. The summed E-state index contributed by atoms with van der Waals surface area (Å²) in [6, 6.07) is 13.0. The summed E-state index contributed by atoms with van der Waals surface area (Å²) in [4.78, 5) is 0. The van der Waals surface area contributed by atoms with Crippen LogP contribution in [0.3, 0.4) is 0 Å². The molecule has 0 bridgehead atoms. The van der Waals surface area contributed by atoms with Crippen LogP contribution in [0.15, 0.2) is 48.5 Å². The predicted octanol–water partition coefficient (Wildman–Crippen LogP) is 4.00. The molecule has 0 aliphatic heterocycles. The molecule has 2 nitrogen and oxygen atoms in total. The zero-order valence-electron chi connectivity index (χ0n) is 8.94. The molecule has 2 aromatic rings. The molecule has 0 atom stereocenters. The Hall–Kier alpha value is -2.10. The molecule has 0 amide bonds. The maximum Gasteiger partial charge on any atom is 0.267 e. The smallest absolute Gasteiger partial charge is 0.267 e. The van der Waals surface area contributed by atoms with Crippen molar-refractivity contribution >= 4 is 5.69 Å². The van der Waals surface area contributed by atoms with Crippen LogP contribution in [0.5, 0.6) is 11.5 Å². The van der Waals surface area contributed by atoms with Crippen molar-refractivity contribution in [2.24, 2.45) is 0 Å². The average Bonchev–Trinajstić information content (AvgIpc) is 2.32. The maximum atomic E-state index is 12.8. The Morgan fingerprint density at radius 1 is 1.00 bits per heavy atom. The highest BCUT2D eigenvalue weighted by molar-refractivity contribution is 5.49. The molecule has 17 heavy (non-hydrogen) atoms. The Labute approximate surface area is 97.6 Å². The van der Waals surface area contributed by atoms with Gasteiger partial charge in [-0.3, -0.25) is 0 Å². The van der Waals surface area contributed by atoms with E-state index >= 15 is 0 Å². The van der Waals surface area contributed by atoms with Crippen LogP contribution >= 0.6 is 0 Å². The van der Waals surface area contributed by atoms with E-state index in [-0.39, 0.29) is 11.3 Å². The number of hydrogen-bond acceptors (Lipinski definition) is 2. The molecule has 0 radical (unpaired) electrons. The van der Waals surface area contributed by atoms with E-state index in [1.54, 1.807) is 24.3 Å². The molecule has 0 spiro atoms. The fourth-order valence-corrected chi connectivity index (χ4v) is 1.45. The highest BCUT2D eigenvalue weighted by Crippen LogP contribution is 2.33. The van der Waals surface area contributed by atoms with E-state index in [4.69, 9.17) is 10.5 Å². The molecule has 2 rings (SSSR count). The summed E-state index contributed by atoms with van der Waals surface area (Å²) in [7, 11) is 0. The first-order chi connectivity index (χ1) is 8.16.